The van der Waals surface area contributed by atoms with E-state index in [0.717, 1.165) is 25.1 Å². The van der Waals surface area contributed by atoms with E-state index in [1.807, 2.05) is 37.3 Å². The molecule has 1 aromatic rings. The Morgan fingerprint density at radius 2 is 2.05 bits per heavy atom. The molecule has 122 valence electrons. The maximum Gasteiger partial charge on any atom is 0.241 e. The molecule has 1 fully saturated rings. The van der Waals surface area contributed by atoms with Crippen LogP contribution in [0.3, 0.4) is 0 Å². The third-order valence-corrected chi connectivity index (χ3v) is 3.74. The fourth-order valence-corrected chi connectivity index (χ4v) is 2.63. The van der Waals surface area contributed by atoms with Gasteiger partial charge in [-0.25, -0.2) is 0 Å². The summed E-state index contributed by atoms with van der Waals surface area (Å²) < 4.78 is 10.7. The van der Waals surface area contributed by atoms with Crippen molar-refractivity contribution in [3.05, 3.63) is 35.9 Å². The van der Waals surface area contributed by atoms with Crippen molar-refractivity contribution in [3.63, 3.8) is 0 Å². The summed E-state index contributed by atoms with van der Waals surface area (Å²) >= 11 is 0. The quantitative estimate of drug-likeness (QED) is 0.741. The molecule has 1 heterocycles. The smallest absolute Gasteiger partial charge is 0.241 e. The van der Waals surface area contributed by atoms with Gasteiger partial charge < -0.3 is 14.8 Å². The van der Waals surface area contributed by atoms with Crippen molar-refractivity contribution in [1.82, 2.24) is 10.2 Å². The zero-order chi connectivity index (χ0) is 15.6. The lowest BCUT2D eigenvalue weighted by Gasteiger charge is -2.33. The molecule has 5 nitrogen and oxygen atoms in total. The van der Waals surface area contributed by atoms with Crippen LogP contribution in [0.25, 0.3) is 0 Å². The Balaban J connectivity index is 1.96. The van der Waals surface area contributed by atoms with Crippen LogP contribution in [0.4, 0.5) is 0 Å². The molecule has 1 saturated heterocycles. The van der Waals surface area contributed by atoms with Gasteiger partial charge in [0.2, 0.25) is 5.91 Å². The van der Waals surface area contributed by atoms with Crippen LogP contribution in [-0.4, -0.2) is 56.9 Å². The molecule has 0 bridgehead atoms. The largest absolute Gasteiger partial charge is 0.382 e. The Bertz CT molecular complexity index is 433. The Morgan fingerprint density at radius 1 is 1.32 bits per heavy atom. The Hall–Kier alpha value is -1.43. The van der Waals surface area contributed by atoms with Crippen LogP contribution in [0.2, 0.25) is 0 Å². The van der Waals surface area contributed by atoms with Crippen LogP contribution in [0, 0.1) is 0 Å². The second kappa shape index (κ2) is 9.56. The van der Waals surface area contributed by atoms with Crippen molar-refractivity contribution in [2.45, 2.75) is 19.4 Å². The van der Waals surface area contributed by atoms with E-state index >= 15 is 0 Å². The van der Waals surface area contributed by atoms with Crippen molar-refractivity contribution in [3.8, 4) is 0 Å². The van der Waals surface area contributed by atoms with Gasteiger partial charge in [0.15, 0.2) is 0 Å². The van der Waals surface area contributed by atoms with Gasteiger partial charge in [-0.2, -0.15) is 0 Å². The highest BCUT2D eigenvalue weighted by molar-refractivity contribution is 5.83. The number of benzene rings is 1. The fraction of sp³-hybridized carbons (Fsp3) is 0.588. The number of ether oxygens (including phenoxy) is 2. The van der Waals surface area contributed by atoms with E-state index in [9.17, 15) is 4.79 Å². The van der Waals surface area contributed by atoms with Crippen molar-refractivity contribution < 1.29 is 14.3 Å². The number of amides is 1. The molecule has 1 aliphatic rings. The molecule has 22 heavy (non-hydrogen) atoms. The van der Waals surface area contributed by atoms with Crippen LogP contribution < -0.4 is 5.32 Å². The summed E-state index contributed by atoms with van der Waals surface area (Å²) in [6.45, 7) is 6.95. The first-order valence-electron chi connectivity index (χ1n) is 8.05. The zero-order valence-corrected chi connectivity index (χ0v) is 13.3. The normalized spacial score (nSPS) is 17.1. The highest BCUT2D eigenvalue weighted by Gasteiger charge is 2.28. The van der Waals surface area contributed by atoms with Crippen molar-refractivity contribution in [2.24, 2.45) is 0 Å². The van der Waals surface area contributed by atoms with Crippen LogP contribution in [-0.2, 0) is 14.3 Å². The van der Waals surface area contributed by atoms with Crippen molar-refractivity contribution >= 4 is 5.91 Å². The van der Waals surface area contributed by atoms with Gasteiger partial charge in [-0.1, -0.05) is 30.3 Å². The third-order valence-electron chi connectivity index (χ3n) is 3.74. The first-order valence-corrected chi connectivity index (χ1v) is 8.05. The lowest BCUT2D eigenvalue weighted by Crippen LogP contribution is -2.46. The SMILES string of the molecule is CCOCCCNC(=O)C(c1ccccc1)N1CCOCC1. The summed E-state index contributed by atoms with van der Waals surface area (Å²) in [7, 11) is 0. The summed E-state index contributed by atoms with van der Waals surface area (Å²) in [5, 5.41) is 3.04. The van der Waals surface area contributed by atoms with Gasteiger partial charge in [0.25, 0.3) is 0 Å². The second-order valence-electron chi connectivity index (χ2n) is 5.30. The maximum atomic E-state index is 12.6. The number of morpholine rings is 1. The van der Waals surface area contributed by atoms with Gasteiger partial charge in [0.05, 0.1) is 13.2 Å². The van der Waals surface area contributed by atoms with Crippen LogP contribution in [0.5, 0.6) is 0 Å². The molecule has 1 aliphatic heterocycles. The summed E-state index contributed by atoms with van der Waals surface area (Å²) in [6, 6.07) is 9.72. The molecular formula is C17H26N2O3. The fourth-order valence-electron chi connectivity index (χ4n) is 2.63. The number of rotatable bonds is 8. The number of nitrogens with zero attached hydrogens (tertiary/aromatic N) is 1. The predicted octanol–water partition coefficient (Wildman–Crippen LogP) is 1.60. The minimum Gasteiger partial charge on any atom is -0.382 e. The van der Waals surface area contributed by atoms with E-state index in [1.54, 1.807) is 0 Å². The summed E-state index contributed by atoms with van der Waals surface area (Å²) in [4.78, 5) is 14.8. The highest BCUT2D eigenvalue weighted by Crippen LogP contribution is 2.21. The number of hydrogen-bond acceptors (Lipinski definition) is 4. The average molecular weight is 306 g/mol. The van der Waals surface area contributed by atoms with E-state index in [4.69, 9.17) is 9.47 Å². The van der Waals surface area contributed by atoms with Gasteiger partial charge in [-0.05, 0) is 18.9 Å². The predicted molar refractivity (Wildman–Crippen MR) is 85.7 cm³/mol. The molecule has 1 atom stereocenters. The monoisotopic (exact) mass is 306 g/mol. The first kappa shape index (κ1) is 16.9. The molecular weight excluding hydrogens is 280 g/mol. The lowest BCUT2D eigenvalue weighted by molar-refractivity contribution is -0.128. The highest BCUT2D eigenvalue weighted by atomic mass is 16.5. The Kier molecular flexibility index (Phi) is 7.36. The van der Waals surface area contributed by atoms with Gasteiger partial charge >= 0.3 is 0 Å². The number of carbonyl (C=O) groups excluding carboxylic acids is 1. The molecule has 1 aromatic carbocycles. The number of hydrogen-bond donors (Lipinski definition) is 1. The molecule has 0 aliphatic carbocycles. The van der Waals surface area contributed by atoms with Gasteiger partial charge in [0, 0.05) is 32.8 Å². The average Bonchev–Trinajstić information content (AvgIpc) is 2.57. The van der Waals surface area contributed by atoms with E-state index in [-0.39, 0.29) is 11.9 Å². The Labute approximate surface area is 132 Å². The third kappa shape index (κ3) is 5.09. The van der Waals surface area contributed by atoms with Crippen LogP contribution in [0.15, 0.2) is 30.3 Å². The summed E-state index contributed by atoms with van der Waals surface area (Å²) in [5.74, 6) is 0.0598. The van der Waals surface area contributed by atoms with Crippen LogP contribution >= 0.6 is 0 Å². The topological polar surface area (TPSA) is 50.8 Å². The minimum absolute atomic E-state index is 0.0598. The molecule has 2 rings (SSSR count). The molecule has 5 heteroatoms. The molecule has 0 spiro atoms. The second-order valence-corrected chi connectivity index (χ2v) is 5.30. The van der Waals surface area contributed by atoms with Gasteiger partial charge in [0.1, 0.15) is 6.04 Å². The van der Waals surface area contributed by atoms with Crippen LogP contribution in [0.1, 0.15) is 24.9 Å². The van der Waals surface area contributed by atoms with Gasteiger partial charge in [-0.3, -0.25) is 9.69 Å². The molecule has 1 unspecified atom stereocenters. The zero-order valence-electron chi connectivity index (χ0n) is 13.3. The summed E-state index contributed by atoms with van der Waals surface area (Å²) in [6.07, 6.45) is 0.838. The molecule has 0 radical (unpaired) electrons. The maximum absolute atomic E-state index is 12.6. The van der Waals surface area contributed by atoms with E-state index in [1.165, 1.54) is 0 Å². The lowest BCUT2D eigenvalue weighted by atomic mass is 10.0. The van der Waals surface area contributed by atoms with E-state index in [2.05, 4.69) is 10.2 Å². The van der Waals surface area contributed by atoms with Crippen molar-refractivity contribution in [1.29, 1.82) is 0 Å². The number of nitrogens with one attached hydrogen (secondary N) is 1. The minimum atomic E-state index is -0.239. The summed E-state index contributed by atoms with van der Waals surface area (Å²) in [5.41, 5.74) is 1.03. The standard InChI is InChI=1S/C17H26N2O3/c1-2-21-12-6-9-18-17(20)16(15-7-4-3-5-8-15)19-10-13-22-14-11-19/h3-5,7-8,16H,2,6,9-14H2,1H3,(H,18,20). The Morgan fingerprint density at radius 3 is 2.73 bits per heavy atom. The molecule has 0 saturated carbocycles. The first-order chi connectivity index (χ1) is 10.8. The number of carbonyl (C=O) groups is 1. The van der Waals surface area contributed by atoms with E-state index in [0.29, 0.717) is 33.0 Å². The molecule has 1 N–H and O–H groups in total. The molecule has 1 amide bonds. The molecule has 0 aromatic heterocycles. The van der Waals surface area contributed by atoms with Gasteiger partial charge in [-0.15, -0.1) is 0 Å². The van der Waals surface area contributed by atoms with E-state index < -0.39 is 0 Å². The van der Waals surface area contributed by atoms with Crippen molar-refractivity contribution in [2.75, 3.05) is 46.1 Å².